The lowest BCUT2D eigenvalue weighted by molar-refractivity contribution is 0.00158. The van der Waals surface area contributed by atoms with Crippen LogP contribution in [0.3, 0.4) is 0 Å². The van der Waals surface area contributed by atoms with Crippen molar-refractivity contribution >= 4 is 0 Å². The van der Waals surface area contributed by atoms with Gasteiger partial charge in [-0.2, -0.15) is 0 Å². The minimum atomic E-state index is 0.000337. The molecule has 2 atom stereocenters. The van der Waals surface area contributed by atoms with Gasteiger partial charge < -0.3 is 15.2 Å². The lowest BCUT2D eigenvalue weighted by atomic mass is 9.90. The van der Waals surface area contributed by atoms with E-state index in [1.807, 2.05) is 0 Å². The molecule has 0 bridgehead atoms. The van der Waals surface area contributed by atoms with E-state index in [2.05, 4.69) is 32.7 Å². The van der Waals surface area contributed by atoms with E-state index in [0.29, 0.717) is 12.6 Å². The molecule has 16 heavy (non-hydrogen) atoms. The number of nitrogens with zero attached hydrogens (tertiary/aromatic N) is 1. The molecule has 4 nitrogen and oxygen atoms in total. The van der Waals surface area contributed by atoms with E-state index in [4.69, 9.17) is 15.2 Å². The van der Waals surface area contributed by atoms with Gasteiger partial charge >= 0.3 is 0 Å². The maximum atomic E-state index is 5.93. The second-order valence-electron chi connectivity index (χ2n) is 4.91. The fourth-order valence-corrected chi connectivity index (χ4v) is 2.34. The molecule has 1 saturated heterocycles. The largest absolute Gasteiger partial charge is 0.377 e. The summed E-state index contributed by atoms with van der Waals surface area (Å²) in [6.45, 7) is 9.34. The fraction of sp³-hybridized carbons (Fsp3) is 1.00. The molecule has 0 aromatic rings. The zero-order valence-electron chi connectivity index (χ0n) is 11.0. The van der Waals surface area contributed by atoms with E-state index in [-0.39, 0.29) is 11.6 Å². The second kappa shape index (κ2) is 5.96. The summed E-state index contributed by atoms with van der Waals surface area (Å²) in [4.78, 5) is 2.30. The summed E-state index contributed by atoms with van der Waals surface area (Å²) in [5, 5.41) is 0. The van der Waals surface area contributed by atoms with Crippen molar-refractivity contribution in [3.63, 3.8) is 0 Å². The Labute approximate surface area is 99.1 Å². The highest BCUT2D eigenvalue weighted by atomic mass is 16.5. The van der Waals surface area contributed by atoms with Gasteiger partial charge in [0.1, 0.15) is 0 Å². The van der Waals surface area contributed by atoms with Gasteiger partial charge in [0, 0.05) is 19.7 Å². The highest BCUT2D eigenvalue weighted by Gasteiger charge is 2.43. The van der Waals surface area contributed by atoms with E-state index >= 15 is 0 Å². The molecule has 1 fully saturated rings. The van der Waals surface area contributed by atoms with Gasteiger partial charge in [0.05, 0.1) is 24.4 Å². The second-order valence-corrected chi connectivity index (χ2v) is 4.91. The summed E-state index contributed by atoms with van der Waals surface area (Å²) in [7, 11) is 2.11. The zero-order valence-corrected chi connectivity index (χ0v) is 11.0. The summed E-state index contributed by atoms with van der Waals surface area (Å²) in [6.07, 6.45) is 1.52. The van der Waals surface area contributed by atoms with Crippen LogP contribution in [0, 0.1) is 0 Å². The maximum Gasteiger partial charge on any atom is 0.0743 e. The third-order valence-corrected chi connectivity index (χ3v) is 3.65. The predicted octanol–water partition coefficient (Wildman–Crippen LogP) is 0.850. The molecule has 0 aromatic heterocycles. The van der Waals surface area contributed by atoms with Gasteiger partial charge in [0.2, 0.25) is 0 Å². The minimum Gasteiger partial charge on any atom is -0.377 e. The third-order valence-electron chi connectivity index (χ3n) is 3.65. The highest BCUT2D eigenvalue weighted by molar-refractivity contribution is 4.99. The molecule has 4 heteroatoms. The Bertz CT molecular complexity index is 211. The Balaban J connectivity index is 2.46. The van der Waals surface area contributed by atoms with Gasteiger partial charge in [0.15, 0.2) is 0 Å². The lowest BCUT2D eigenvalue weighted by Crippen LogP contribution is -2.57. The Morgan fingerprint density at radius 2 is 2.25 bits per heavy atom. The molecule has 0 radical (unpaired) electrons. The lowest BCUT2D eigenvalue weighted by Gasteiger charge is -2.40. The number of rotatable bonds is 6. The molecule has 1 heterocycles. The van der Waals surface area contributed by atoms with Crippen LogP contribution in [0.15, 0.2) is 0 Å². The van der Waals surface area contributed by atoms with E-state index in [0.717, 1.165) is 26.2 Å². The van der Waals surface area contributed by atoms with E-state index in [1.165, 1.54) is 0 Å². The van der Waals surface area contributed by atoms with Crippen molar-refractivity contribution in [1.82, 2.24) is 4.90 Å². The van der Waals surface area contributed by atoms with Crippen LogP contribution in [-0.4, -0.2) is 56.0 Å². The first-order valence-electron chi connectivity index (χ1n) is 6.17. The van der Waals surface area contributed by atoms with Crippen LogP contribution < -0.4 is 5.73 Å². The summed E-state index contributed by atoms with van der Waals surface area (Å²) < 4.78 is 11.2. The SMILES string of the molecule is CC(C)OCCN(C)C1(CN)CCOC1C. The predicted molar refractivity (Wildman–Crippen MR) is 65.5 cm³/mol. The Hall–Kier alpha value is -0.160. The van der Waals surface area contributed by atoms with Crippen LogP contribution in [0.4, 0.5) is 0 Å². The number of likely N-dealkylation sites (N-methyl/N-ethyl adjacent to an activating group) is 1. The number of hydrogen-bond acceptors (Lipinski definition) is 4. The molecule has 1 aliphatic heterocycles. The smallest absolute Gasteiger partial charge is 0.0743 e. The molecule has 96 valence electrons. The van der Waals surface area contributed by atoms with Gasteiger partial charge in [0.25, 0.3) is 0 Å². The van der Waals surface area contributed by atoms with E-state index < -0.39 is 0 Å². The summed E-state index contributed by atoms with van der Waals surface area (Å²) in [6, 6.07) is 0. The van der Waals surface area contributed by atoms with Crippen molar-refractivity contribution in [2.75, 3.05) is 33.4 Å². The molecular formula is C12H26N2O2. The Kier molecular flexibility index (Phi) is 5.18. The third kappa shape index (κ3) is 2.94. The van der Waals surface area contributed by atoms with E-state index in [1.54, 1.807) is 0 Å². The molecule has 2 N–H and O–H groups in total. The van der Waals surface area contributed by atoms with Crippen molar-refractivity contribution in [2.45, 2.75) is 44.9 Å². The molecule has 0 aliphatic carbocycles. The average Bonchev–Trinajstić information content (AvgIpc) is 2.60. The van der Waals surface area contributed by atoms with Crippen molar-refractivity contribution < 1.29 is 9.47 Å². The molecule has 2 unspecified atom stereocenters. The van der Waals surface area contributed by atoms with Gasteiger partial charge in [-0.25, -0.2) is 0 Å². The van der Waals surface area contributed by atoms with Gasteiger partial charge in [-0.1, -0.05) is 0 Å². The van der Waals surface area contributed by atoms with Crippen LogP contribution in [0.2, 0.25) is 0 Å². The van der Waals surface area contributed by atoms with Crippen molar-refractivity contribution in [2.24, 2.45) is 5.73 Å². The normalized spacial score (nSPS) is 30.6. The molecule has 0 amide bonds. The van der Waals surface area contributed by atoms with Crippen molar-refractivity contribution in [1.29, 1.82) is 0 Å². The summed E-state index contributed by atoms with van der Waals surface area (Å²) >= 11 is 0. The zero-order chi connectivity index (χ0) is 12.2. The van der Waals surface area contributed by atoms with Gasteiger partial charge in [-0.05, 0) is 34.2 Å². The first-order valence-corrected chi connectivity index (χ1v) is 6.17. The maximum absolute atomic E-state index is 5.93. The topological polar surface area (TPSA) is 47.7 Å². The van der Waals surface area contributed by atoms with Crippen LogP contribution in [0.1, 0.15) is 27.2 Å². The first-order chi connectivity index (χ1) is 7.53. The highest BCUT2D eigenvalue weighted by Crippen LogP contribution is 2.30. The van der Waals surface area contributed by atoms with Crippen LogP contribution in [0.5, 0.6) is 0 Å². The van der Waals surface area contributed by atoms with E-state index in [9.17, 15) is 0 Å². The number of ether oxygens (including phenoxy) is 2. The first kappa shape index (κ1) is 13.9. The molecule has 0 aromatic carbocycles. The van der Waals surface area contributed by atoms with Crippen LogP contribution in [-0.2, 0) is 9.47 Å². The summed E-state index contributed by atoms with van der Waals surface area (Å²) in [5.74, 6) is 0. The fourth-order valence-electron chi connectivity index (χ4n) is 2.34. The average molecular weight is 230 g/mol. The molecule has 0 spiro atoms. The Morgan fingerprint density at radius 3 is 2.69 bits per heavy atom. The summed E-state index contributed by atoms with van der Waals surface area (Å²) in [5.41, 5.74) is 5.93. The molecule has 1 rings (SSSR count). The van der Waals surface area contributed by atoms with Gasteiger partial charge in [-0.3, -0.25) is 4.90 Å². The monoisotopic (exact) mass is 230 g/mol. The van der Waals surface area contributed by atoms with Gasteiger partial charge in [-0.15, -0.1) is 0 Å². The Morgan fingerprint density at radius 1 is 1.56 bits per heavy atom. The number of hydrogen-bond donors (Lipinski definition) is 1. The van der Waals surface area contributed by atoms with Crippen LogP contribution >= 0.6 is 0 Å². The quantitative estimate of drug-likeness (QED) is 0.735. The van der Waals surface area contributed by atoms with Crippen molar-refractivity contribution in [3.05, 3.63) is 0 Å². The molecule has 1 aliphatic rings. The standard InChI is InChI=1S/C12H26N2O2/c1-10(2)15-8-6-14(4)12(9-13)5-7-16-11(12)3/h10-11H,5-9,13H2,1-4H3. The van der Waals surface area contributed by atoms with Crippen molar-refractivity contribution in [3.8, 4) is 0 Å². The molecule has 0 saturated carbocycles. The van der Waals surface area contributed by atoms with Crippen LogP contribution in [0.25, 0.3) is 0 Å². The number of nitrogens with two attached hydrogens (primary N) is 1. The molecular weight excluding hydrogens is 204 g/mol. The minimum absolute atomic E-state index is 0.000337.